The van der Waals surface area contributed by atoms with Crippen LogP contribution in [0.5, 0.6) is 5.75 Å². The maximum absolute atomic E-state index is 12.1. The number of anilines is 3. The lowest BCUT2D eigenvalue weighted by Gasteiger charge is -2.12. The van der Waals surface area contributed by atoms with Crippen molar-refractivity contribution < 1.29 is 9.53 Å². The normalized spacial score (nSPS) is 12.3. The molecule has 0 aliphatic carbocycles. The average Bonchev–Trinajstić information content (AvgIpc) is 2.99. The minimum atomic E-state index is -0.301. The van der Waals surface area contributed by atoms with Crippen molar-refractivity contribution in [1.82, 2.24) is 0 Å². The van der Waals surface area contributed by atoms with E-state index in [0.717, 1.165) is 29.9 Å². The molecule has 3 N–H and O–H groups in total. The molecule has 2 amide bonds. The topological polar surface area (TPSA) is 62.4 Å². The molecule has 0 bridgehead atoms. The van der Waals surface area contributed by atoms with Crippen molar-refractivity contribution >= 4 is 34.7 Å². The van der Waals surface area contributed by atoms with Crippen LogP contribution in [0.2, 0.25) is 5.02 Å². The summed E-state index contributed by atoms with van der Waals surface area (Å²) in [5.74, 6) is 0.518. The second-order valence-electron chi connectivity index (χ2n) is 4.94. The molecule has 0 fully saturated rings. The summed E-state index contributed by atoms with van der Waals surface area (Å²) in [4.78, 5) is 12.1. The van der Waals surface area contributed by atoms with Gasteiger partial charge in [-0.1, -0.05) is 17.7 Å². The molecule has 0 unspecified atom stereocenters. The second kappa shape index (κ2) is 6.15. The molecule has 5 nitrogen and oxygen atoms in total. The zero-order valence-electron chi connectivity index (χ0n) is 12.1. The summed E-state index contributed by atoms with van der Waals surface area (Å²) < 4.78 is 5.13. The molecule has 2 aromatic carbocycles. The number of nitrogens with one attached hydrogen (secondary N) is 3. The second-order valence-corrected chi connectivity index (χ2v) is 5.34. The Morgan fingerprint density at radius 3 is 2.95 bits per heavy atom. The Kier molecular flexibility index (Phi) is 4.06. The van der Waals surface area contributed by atoms with E-state index in [1.165, 1.54) is 7.11 Å². The molecule has 0 atom stereocenters. The van der Waals surface area contributed by atoms with Crippen LogP contribution in [0, 0.1) is 0 Å². The van der Waals surface area contributed by atoms with Gasteiger partial charge in [-0.25, -0.2) is 4.79 Å². The highest BCUT2D eigenvalue weighted by Crippen LogP contribution is 2.30. The Labute approximate surface area is 133 Å². The molecule has 0 saturated carbocycles. The van der Waals surface area contributed by atoms with Crippen LogP contribution in [0.1, 0.15) is 5.56 Å². The van der Waals surface area contributed by atoms with Crippen molar-refractivity contribution in [3.63, 3.8) is 0 Å². The average molecular weight is 318 g/mol. The number of methoxy groups -OCH3 is 1. The Morgan fingerprint density at radius 2 is 2.14 bits per heavy atom. The summed E-state index contributed by atoms with van der Waals surface area (Å²) >= 11 is 5.97. The molecule has 1 aliphatic rings. The highest BCUT2D eigenvalue weighted by atomic mass is 35.5. The van der Waals surface area contributed by atoms with Crippen LogP contribution < -0.4 is 20.7 Å². The Bertz CT molecular complexity index is 719. The van der Waals surface area contributed by atoms with Gasteiger partial charge in [0, 0.05) is 35.2 Å². The van der Waals surface area contributed by atoms with Crippen LogP contribution in [0.4, 0.5) is 21.9 Å². The third-order valence-electron chi connectivity index (χ3n) is 3.52. The Balaban J connectivity index is 1.72. The molecule has 114 valence electrons. The largest absolute Gasteiger partial charge is 0.495 e. The number of amides is 2. The highest BCUT2D eigenvalue weighted by Gasteiger charge is 2.15. The number of urea groups is 1. The van der Waals surface area contributed by atoms with E-state index in [1.54, 1.807) is 18.2 Å². The van der Waals surface area contributed by atoms with E-state index in [4.69, 9.17) is 16.3 Å². The van der Waals surface area contributed by atoms with Crippen molar-refractivity contribution in [2.45, 2.75) is 6.42 Å². The van der Waals surface area contributed by atoms with E-state index < -0.39 is 0 Å². The molecule has 1 aliphatic heterocycles. The molecule has 3 rings (SSSR count). The van der Waals surface area contributed by atoms with Crippen molar-refractivity contribution in [3.05, 3.63) is 47.0 Å². The minimum Gasteiger partial charge on any atom is -0.495 e. The van der Waals surface area contributed by atoms with Gasteiger partial charge in [-0.15, -0.1) is 0 Å². The molecule has 0 saturated heterocycles. The van der Waals surface area contributed by atoms with Gasteiger partial charge in [0.05, 0.1) is 12.1 Å². The van der Waals surface area contributed by atoms with Crippen molar-refractivity contribution in [1.29, 1.82) is 0 Å². The Morgan fingerprint density at radius 1 is 1.27 bits per heavy atom. The number of benzene rings is 2. The predicted octanol–water partition coefficient (Wildman–Crippen LogP) is 3.96. The third-order valence-corrected chi connectivity index (χ3v) is 3.84. The van der Waals surface area contributed by atoms with Crippen LogP contribution in [-0.2, 0) is 6.42 Å². The molecule has 2 aromatic rings. The summed E-state index contributed by atoms with van der Waals surface area (Å²) in [6.07, 6.45) is 0.903. The summed E-state index contributed by atoms with van der Waals surface area (Å²) in [6.45, 7) is 0.893. The zero-order valence-corrected chi connectivity index (χ0v) is 12.8. The van der Waals surface area contributed by atoms with Gasteiger partial charge in [0.25, 0.3) is 0 Å². The lowest BCUT2D eigenvalue weighted by molar-refractivity contribution is 0.262. The number of hydrogen-bond donors (Lipinski definition) is 3. The van der Waals surface area contributed by atoms with Crippen molar-refractivity contribution in [3.8, 4) is 5.75 Å². The number of carbonyl (C=O) groups is 1. The molecule has 1 heterocycles. The van der Waals surface area contributed by atoms with Gasteiger partial charge >= 0.3 is 6.03 Å². The molecule has 6 heteroatoms. The van der Waals surface area contributed by atoms with Gasteiger partial charge in [0.15, 0.2) is 0 Å². The number of carbonyl (C=O) groups excluding carboxylic acids is 1. The first-order valence-electron chi connectivity index (χ1n) is 6.94. The van der Waals surface area contributed by atoms with E-state index in [-0.39, 0.29) is 6.03 Å². The Hall–Kier alpha value is -2.40. The fourth-order valence-electron chi connectivity index (χ4n) is 2.48. The molecular formula is C16H16ClN3O2. The van der Waals surface area contributed by atoms with Crippen molar-refractivity contribution in [2.75, 3.05) is 29.6 Å². The minimum absolute atomic E-state index is 0.301. The van der Waals surface area contributed by atoms with Crippen molar-refractivity contribution in [2.24, 2.45) is 0 Å². The predicted molar refractivity (Wildman–Crippen MR) is 89.3 cm³/mol. The lowest BCUT2D eigenvalue weighted by atomic mass is 10.1. The van der Waals surface area contributed by atoms with Gasteiger partial charge in [0.1, 0.15) is 5.75 Å². The van der Waals surface area contributed by atoms with Crippen LogP contribution in [-0.4, -0.2) is 19.7 Å². The van der Waals surface area contributed by atoms with E-state index >= 15 is 0 Å². The highest BCUT2D eigenvalue weighted by molar-refractivity contribution is 6.32. The van der Waals surface area contributed by atoms with E-state index in [9.17, 15) is 4.79 Å². The SMILES string of the molecule is COc1cc(NC(=O)Nc2cccc3c2CCN3)ccc1Cl. The van der Waals surface area contributed by atoms with Gasteiger partial charge in [-0.05, 0) is 30.7 Å². The van der Waals surface area contributed by atoms with Gasteiger partial charge in [-0.2, -0.15) is 0 Å². The first-order valence-corrected chi connectivity index (χ1v) is 7.32. The first-order chi connectivity index (χ1) is 10.7. The van der Waals surface area contributed by atoms with E-state index in [2.05, 4.69) is 16.0 Å². The number of hydrogen-bond acceptors (Lipinski definition) is 3. The number of rotatable bonds is 3. The van der Waals surface area contributed by atoms with Gasteiger partial charge in [-0.3, -0.25) is 0 Å². The fraction of sp³-hybridized carbons (Fsp3) is 0.188. The maximum Gasteiger partial charge on any atom is 0.323 e. The maximum atomic E-state index is 12.1. The van der Waals surface area contributed by atoms with E-state index in [0.29, 0.717) is 16.5 Å². The quantitative estimate of drug-likeness (QED) is 0.803. The summed E-state index contributed by atoms with van der Waals surface area (Å²) in [7, 11) is 1.53. The molecule has 0 spiro atoms. The standard InChI is InChI=1S/C16H16ClN3O2/c1-22-15-9-10(5-6-12(15)17)19-16(21)20-14-4-2-3-13-11(14)7-8-18-13/h2-6,9,18H,7-8H2,1H3,(H2,19,20,21). The monoisotopic (exact) mass is 317 g/mol. The van der Waals surface area contributed by atoms with Gasteiger partial charge in [0.2, 0.25) is 0 Å². The fourth-order valence-corrected chi connectivity index (χ4v) is 2.68. The molecule has 0 aromatic heterocycles. The summed E-state index contributed by atoms with van der Waals surface area (Å²) in [6, 6.07) is 10.6. The molecule has 22 heavy (non-hydrogen) atoms. The van der Waals surface area contributed by atoms with E-state index in [1.807, 2.05) is 18.2 Å². The first kappa shape index (κ1) is 14.5. The molecule has 0 radical (unpaired) electrons. The van der Waals surface area contributed by atoms with Crippen LogP contribution in [0.15, 0.2) is 36.4 Å². The summed E-state index contributed by atoms with van der Waals surface area (Å²) in [5, 5.41) is 9.44. The van der Waals surface area contributed by atoms with Crippen LogP contribution in [0.25, 0.3) is 0 Å². The number of halogens is 1. The van der Waals surface area contributed by atoms with Crippen LogP contribution >= 0.6 is 11.6 Å². The third kappa shape index (κ3) is 2.94. The van der Waals surface area contributed by atoms with Gasteiger partial charge < -0.3 is 20.7 Å². The summed E-state index contributed by atoms with van der Waals surface area (Å²) in [5.41, 5.74) is 3.64. The zero-order chi connectivity index (χ0) is 15.5. The molecular weight excluding hydrogens is 302 g/mol. The smallest absolute Gasteiger partial charge is 0.323 e. The number of fused-ring (bicyclic) bond motifs is 1. The van der Waals surface area contributed by atoms with Crippen LogP contribution in [0.3, 0.4) is 0 Å². The number of ether oxygens (including phenoxy) is 1. The lowest BCUT2D eigenvalue weighted by Crippen LogP contribution is -2.20.